The van der Waals surface area contributed by atoms with Crippen LogP contribution >= 0.6 is 15.9 Å². The Kier molecular flexibility index (Phi) is 3.46. The zero-order valence-electron chi connectivity index (χ0n) is 8.47. The van der Waals surface area contributed by atoms with Gasteiger partial charge in [0.05, 0.1) is 5.41 Å². The molecule has 0 unspecified atom stereocenters. The largest absolute Gasteiger partial charge is 0.294 e. The second-order valence-corrected chi connectivity index (χ2v) is 4.64. The van der Waals surface area contributed by atoms with Gasteiger partial charge in [-0.2, -0.15) is 0 Å². The van der Waals surface area contributed by atoms with E-state index in [0.29, 0.717) is 5.56 Å². The SMILES string of the molecule is CC(C)(C(=O)NN)c1cc(Br)ccc1F. The summed E-state index contributed by atoms with van der Waals surface area (Å²) in [6.45, 7) is 3.22. The van der Waals surface area contributed by atoms with Crippen LogP contribution in [0, 0.1) is 5.82 Å². The van der Waals surface area contributed by atoms with Crippen molar-refractivity contribution in [2.75, 3.05) is 0 Å². The van der Waals surface area contributed by atoms with Crippen molar-refractivity contribution in [1.29, 1.82) is 0 Å². The first-order valence-corrected chi connectivity index (χ1v) is 5.15. The molecule has 0 fully saturated rings. The quantitative estimate of drug-likeness (QED) is 0.491. The molecular formula is C10H12BrFN2O. The predicted octanol–water partition coefficient (Wildman–Crippen LogP) is 1.86. The van der Waals surface area contributed by atoms with Crippen molar-refractivity contribution in [3.63, 3.8) is 0 Å². The lowest BCUT2D eigenvalue weighted by molar-refractivity contribution is -0.125. The number of halogens is 2. The molecule has 0 atom stereocenters. The Labute approximate surface area is 95.9 Å². The number of hydrogen-bond acceptors (Lipinski definition) is 2. The molecule has 0 aromatic heterocycles. The highest BCUT2D eigenvalue weighted by molar-refractivity contribution is 9.10. The second kappa shape index (κ2) is 4.28. The molecule has 3 N–H and O–H groups in total. The third kappa shape index (κ3) is 2.35. The maximum atomic E-state index is 13.5. The number of hydrogen-bond donors (Lipinski definition) is 2. The fourth-order valence-electron chi connectivity index (χ4n) is 1.28. The van der Waals surface area contributed by atoms with Crippen LogP contribution in [0.15, 0.2) is 22.7 Å². The summed E-state index contributed by atoms with van der Waals surface area (Å²) in [5, 5.41) is 0. The van der Waals surface area contributed by atoms with Crippen molar-refractivity contribution in [3.05, 3.63) is 34.1 Å². The van der Waals surface area contributed by atoms with Crippen LogP contribution in [-0.2, 0) is 10.2 Å². The van der Waals surface area contributed by atoms with Crippen LogP contribution in [0.25, 0.3) is 0 Å². The highest BCUT2D eigenvalue weighted by Crippen LogP contribution is 2.28. The Balaban J connectivity index is 3.25. The molecule has 1 rings (SSSR count). The van der Waals surface area contributed by atoms with Crippen LogP contribution < -0.4 is 11.3 Å². The van der Waals surface area contributed by atoms with E-state index in [-0.39, 0.29) is 0 Å². The number of carbonyl (C=O) groups excluding carboxylic acids is 1. The minimum absolute atomic E-state index is 0.305. The highest BCUT2D eigenvalue weighted by atomic mass is 79.9. The van der Waals surface area contributed by atoms with Gasteiger partial charge in [-0.3, -0.25) is 10.2 Å². The van der Waals surface area contributed by atoms with Gasteiger partial charge in [0.2, 0.25) is 5.91 Å². The molecule has 0 heterocycles. The van der Waals surface area contributed by atoms with E-state index in [0.717, 1.165) is 4.47 Å². The number of rotatable bonds is 2. The number of nitrogens with one attached hydrogen (secondary N) is 1. The Morgan fingerprint density at radius 1 is 1.53 bits per heavy atom. The van der Waals surface area contributed by atoms with Gasteiger partial charge in [-0.05, 0) is 32.0 Å². The fraction of sp³-hybridized carbons (Fsp3) is 0.300. The molecule has 0 saturated heterocycles. The van der Waals surface area contributed by atoms with Crippen LogP contribution in [0.1, 0.15) is 19.4 Å². The molecule has 5 heteroatoms. The zero-order chi connectivity index (χ0) is 11.6. The van der Waals surface area contributed by atoms with Gasteiger partial charge < -0.3 is 0 Å². The molecule has 1 amide bonds. The van der Waals surface area contributed by atoms with Crippen LogP contribution in [0.5, 0.6) is 0 Å². The molecule has 0 bridgehead atoms. The average Bonchev–Trinajstić information content (AvgIpc) is 2.20. The minimum atomic E-state index is -0.997. The third-order valence-corrected chi connectivity index (χ3v) is 2.79. The first-order valence-electron chi connectivity index (χ1n) is 4.36. The number of carbonyl (C=O) groups is 1. The smallest absolute Gasteiger partial charge is 0.244 e. The van der Waals surface area contributed by atoms with Gasteiger partial charge in [-0.15, -0.1) is 0 Å². The summed E-state index contributed by atoms with van der Waals surface area (Å²) in [7, 11) is 0. The summed E-state index contributed by atoms with van der Waals surface area (Å²) in [5.74, 6) is 4.19. The van der Waals surface area contributed by atoms with Gasteiger partial charge in [-0.1, -0.05) is 15.9 Å². The van der Waals surface area contributed by atoms with Gasteiger partial charge in [0.15, 0.2) is 0 Å². The van der Waals surface area contributed by atoms with E-state index in [1.807, 2.05) is 5.43 Å². The van der Waals surface area contributed by atoms with Crippen molar-refractivity contribution in [2.45, 2.75) is 19.3 Å². The van der Waals surface area contributed by atoms with E-state index >= 15 is 0 Å². The van der Waals surface area contributed by atoms with Gasteiger partial charge in [0.25, 0.3) is 0 Å². The molecule has 1 aromatic rings. The van der Waals surface area contributed by atoms with E-state index < -0.39 is 17.1 Å². The number of amides is 1. The van der Waals surface area contributed by atoms with E-state index in [9.17, 15) is 9.18 Å². The summed E-state index contributed by atoms with van der Waals surface area (Å²) in [5.41, 5.74) is 1.34. The van der Waals surface area contributed by atoms with Crippen LogP contribution in [-0.4, -0.2) is 5.91 Å². The van der Waals surface area contributed by atoms with Gasteiger partial charge in [0, 0.05) is 10.0 Å². The van der Waals surface area contributed by atoms with Crippen molar-refractivity contribution >= 4 is 21.8 Å². The molecule has 82 valence electrons. The molecule has 0 saturated carbocycles. The summed E-state index contributed by atoms with van der Waals surface area (Å²) in [6.07, 6.45) is 0. The van der Waals surface area contributed by atoms with E-state index in [1.54, 1.807) is 26.0 Å². The standard InChI is InChI=1S/C10H12BrFN2O/c1-10(2,9(15)14-13)7-5-6(11)3-4-8(7)12/h3-5H,13H2,1-2H3,(H,14,15). The first kappa shape index (κ1) is 12.1. The molecule has 3 nitrogen and oxygen atoms in total. The first-order chi connectivity index (χ1) is 6.89. The lowest BCUT2D eigenvalue weighted by Crippen LogP contribution is -2.44. The topological polar surface area (TPSA) is 55.1 Å². The van der Waals surface area contributed by atoms with Gasteiger partial charge in [-0.25, -0.2) is 10.2 Å². The molecule has 0 spiro atoms. The van der Waals surface area contributed by atoms with E-state index in [4.69, 9.17) is 5.84 Å². The second-order valence-electron chi connectivity index (χ2n) is 3.72. The number of nitrogens with two attached hydrogens (primary N) is 1. The van der Waals surface area contributed by atoms with Crippen LogP contribution in [0.4, 0.5) is 4.39 Å². The Bertz CT molecular complexity index is 393. The van der Waals surface area contributed by atoms with Crippen LogP contribution in [0.2, 0.25) is 0 Å². The molecule has 0 aliphatic rings. The number of benzene rings is 1. The third-order valence-electron chi connectivity index (χ3n) is 2.30. The fourth-order valence-corrected chi connectivity index (χ4v) is 1.64. The average molecular weight is 275 g/mol. The molecule has 1 aromatic carbocycles. The lowest BCUT2D eigenvalue weighted by Gasteiger charge is -2.23. The maximum absolute atomic E-state index is 13.5. The summed E-state index contributed by atoms with van der Waals surface area (Å²) in [6, 6.07) is 4.46. The Morgan fingerprint density at radius 2 is 2.13 bits per heavy atom. The molecule has 0 radical (unpaired) electrons. The predicted molar refractivity (Wildman–Crippen MR) is 59.5 cm³/mol. The molecular weight excluding hydrogens is 263 g/mol. The van der Waals surface area contributed by atoms with Gasteiger partial charge >= 0.3 is 0 Å². The van der Waals surface area contributed by atoms with E-state index in [1.165, 1.54) is 6.07 Å². The number of hydrazine groups is 1. The zero-order valence-corrected chi connectivity index (χ0v) is 10.1. The summed E-state index contributed by atoms with van der Waals surface area (Å²) in [4.78, 5) is 11.5. The van der Waals surface area contributed by atoms with Crippen molar-refractivity contribution in [2.24, 2.45) is 5.84 Å². The van der Waals surface area contributed by atoms with Crippen molar-refractivity contribution < 1.29 is 9.18 Å². The molecule has 15 heavy (non-hydrogen) atoms. The summed E-state index contributed by atoms with van der Waals surface area (Å²) < 4.78 is 14.2. The van der Waals surface area contributed by atoms with E-state index in [2.05, 4.69) is 15.9 Å². The van der Waals surface area contributed by atoms with Crippen molar-refractivity contribution in [3.8, 4) is 0 Å². The Hall–Kier alpha value is -0.940. The minimum Gasteiger partial charge on any atom is -0.294 e. The van der Waals surface area contributed by atoms with Gasteiger partial charge in [0.1, 0.15) is 5.82 Å². The van der Waals surface area contributed by atoms with Crippen LogP contribution in [0.3, 0.4) is 0 Å². The lowest BCUT2D eigenvalue weighted by atomic mass is 9.83. The summed E-state index contributed by atoms with van der Waals surface area (Å²) >= 11 is 3.23. The normalized spacial score (nSPS) is 11.3. The monoisotopic (exact) mass is 274 g/mol. The maximum Gasteiger partial charge on any atom is 0.244 e. The molecule has 0 aliphatic carbocycles. The van der Waals surface area contributed by atoms with Crippen molar-refractivity contribution in [1.82, 2.24) is 5.43 Å². The highest BCUT2D eigenvalue weighted by Gasteiger charge is 2.31. The molecule has 0 aliphatic heterocycles. The Morgan fingerprint density at radius 3 is 2.67 bits per heavy atom.